The highest BCUT2D eigenvalue weighted by Crippen LogP contribution is 2.18. The summed E-state index contributed by atoms with van der Waals surface area (Å²) < 4.78 is 1.59. The lowest BCUT2D eigenvalue weighted by molar-refractivity contribution is 0.0574. The molecule has 1 aromatic heterocycles. The molecule has 1 aliphatic rings. The minimum Gasteiger partial charge on any atom is -0.336 e. The molecule has 1 aliphatic heterocycles. The topological polar surface area (TPSA) is 66.1 Å². The van der Waals surface area contributed by atoms with Crippen molar-refractivity contribution in [2.24, 2.45) is 5.92 Å². The highest BCUT2D eigenvalue weighted by Gasteiger charge is 2.33. The number of carbonyl (C=O) groups is 1. The Bertz CT molecular complexity index is 843. The molecule has 1 saturated heterocycles. The summed E-state index contributed by atoms with van der Waals surface area (Å²) in [6.45, 7) is 3.13. The maximum absolute atomic E-state index is 12.7. The smallest absolute Gasteiger partial charge is 0.263 e. The first-order valence-electron chi connectivity index (χ1n) is 8.03. The molecule has 0 bridgehead atoms. The van der Waals surface area contributed by atoms with Crippen molar-refractivity contribution in [3.8, 4) is 6.07 Å². The Morgan fingerprint density at radius 3 is 2.62 bits per heavy atom. The Morgan fingerprint density at radius 1 is 1.25 bits per heavy atom. The summed E-state index contributed by atoms with van der Waals surface area (Å²) in [5.74, 6) is -0.378. The lowest BCUT2D eigenvalue weighted by Gasteiger charge is -2.35. The van der Waals surface area contributed by atoms with Gasteiger partial charge in [0.15, 0.2) is 0 Å². The fourth-order valence-electron chi connectivity index (χ4n) is 2.88. The van der Waals surface area contributed by atoms with E-state index in [1.54, 1.807) is 28.7 Å². The molecular weight excluding hydrogens is 302 g/mol. The van der Waals surface area contributed by atoms with Crippen LogP contribution in [0.3, 0.4) is 0 Å². The first-order valence-corrected chi connectivity index (χ1v) is 8.03. The van der Waals surface area contributed by atoms with E-state index in [1.807, 2.05) is 30.3 Å². The van der Waals surface area contributed by atoms with Gasteiger partial charge in [0.25, 0.3) is 11.5 Å². The molecule has 0 radical (unpaired) electrons. The number of nitriles is 1. The van der Waals surface area contributed by atoms with Crippen molar-refractivity contribution in [3.63, 3.8) is 0 Å². The van der Waals surface area contributed by atoms with Crippen LogP contribution in [0.4, 0.5) is 0 Å². The van der Waals surface area contributed by atoms with Gasteiger partial charge in [-0.1, -0.05) is 30.3 Å². The summed E-state index contributed by atoms with van der Waals surface area (Å²) >= 11 is 0. The third-order valence-corrected chi connectivity index (χ3v) is 4.42. The van der Waals surface area contributed by atoms with Gasteiger partial charge >= 0.3 is 0 Å². The normalized spacial score (nSPS) is 14.1. The Morgan fingerprint density at radius 2 is 1.96 bits per heavy atom. The number of amides is 1. The van der Waals surface area contributed by atoms with E-state index in [4.69, 9.17) is 5.26 Å². The summed E-state index contributed by atoms with van der Waals surface area (Å²) in [6.07, 6.45) is 2.48. The molecule has 2 heterocycles. The number of hydrogen-bond donors (Lipinski definition) is 0. The fraction of sp³-hybridized carbons (Fsp3) is 0.316. The summed E-state index contributed by atoms with van der Waals surface area (Å²) in [7, 11) is 0. The summed E-state index contributed by atoms with van der Waals surface area (Å²) in [5, 5.41) is 8.83. The Labute approximate surface area is 140 Å². The minimum atomic E-state index is -0.266. The quantitative estimate of drug-likeness (QED) is 0.865. The van der Waals surface area contributed by atoms with Gasteiger partial charge in [0.2, 0.25) is 0 Å². The van der Waals surface area contributed by atoms with Crippen LogP contribution in [0.5, 0.6) is 0 Å². The van der Waals surface area contributed by atoms with Crippen LogP contribution >= 0.6 is 0 Å². The second kappa shape index (κ2) is 6.71. The molecule has 5 heteroatoms. The molecule has 0 saturated carbocycles. The molecule has 0 N–H and O–H groups in total. The number of nitrogens with zero attached hydrogens (tertiary/aromatic N) is 3. The zero-order valence-corrected chi connectivity index (χ0v) is 13.6. The number of benzene rings is 1. The van der Waals surface area contributed by atoms with Gasteiger partial charge in [-0.25, -0.2) is 0 Å². The number of aromatic nitrogens is 1. The number of carbonyl (C=O) groups excluding carboxylic acids is 1. The highest BCUT2D eigenvalue weighted by molar-refractivity contribution is 5.95. The van der Waals surface area contributed by atoms with Gasteiger partial charge in [-0.3, -0.25) is 9.59 Å². The van der Waals surface area contributed by atoms with E-state index in [0.29, 0.717) is 25.2 Å². The van der Waals surface area contributed by atoms with E-state index in [2.05, 4.69) is 6.07 Å². The van der Waals surface area contributed by atoms with Crippen LogP contribution in [-0.4, -0.2) is 28.5 Å². The summed E-state index contributed by atoms with van der Waals surface area (Å²) in [5.41, 5.74) is 1.80. The highest BCUT2D eigenvalue weighted by atomic mass is 16.2. The zero-order chi connectivity index (χ0) is 17.1. The number of likely N-dealkylation sites (tertiary alicyclic amines) is 1. The molecule has 0 atom stereocenters. The lowest BCUT2D eigenvalue weighted by atomic mass is 10.00. The second-order valence-corrected chi connectivity index (χ2v) is 6.14. The Hall–Kier alpha value is -2.87. The molecule has 1 aromatic carbocycles. The monoisotopic (exact) mass is 321 g/mol. The van der Waals surface area contributed by atoms with Gasteiger partial charge in [-0.15, -0.1) is 0 Å². The van der Waals surface area contributed by atoms with E-state index in [-0.39, 0.29) is 22.9 Å². The van der Waals surface area contributed by atoms with Gasteiger partial charge in [-0.2, -0.15) is 5.26 Å². The van der Waals surface area contributed by atoms with E-state index in [0.717, 1.165) is 12.0 Å². The molecule has 0 aliphatic carbocycles. The predicted octanol–water partition coefficient (Wildman–Crippen LogP) is 1.99. The van der Waals surface area contributed by atoms with Crippen molar-refractivity contribution in [1.82, 2.24) is 9.47 Å². The third kappa shape index (κ3) is 3.09. The molecular formula is C19H19N3O2. The molecule has 0 spiro atoms. The average Bonchev–Trinajstić information content (AvgIpc) is 2.54. The predicted molar refractivity (Wildman–Crippen MR) is 90.6 cm³/mol. The Kier molecular flexibility index (Phi) is 4.48. The maximum atomic E-state index is 12.7. The van der Waals surface area contributed by atoms with Crippen LogP contribution in [0, 0.1) is 24.2 Å². The van der Waals surface area contributed by atoms with Gasteiger partial charge in [0.1, 0.15) is 5.56 Å². The molecule has 0 unspecified atom stereocenters. The first-order chi connectivity index (χ1) is 11.6. The first kappa shape index (κ1) is 16.0. The van der Waals surface area contributed by atoms with E-state index >= 15 is 0 Å². The minimum absolute atomic E-state index is 0.113. The maximum Gasteiger partial charge on any atom is 0.263 e. The number of rotatable bonds is 4. The van der Waals surface area contributed by atoms with Gasteiger partial charge < -0.3 is 9.47 Å². The van der Waals surface area contributed by atoms with Gasteiger partial charge in [0, 0.05) is 25.8 Å². The zero-order valence-electron chi connectivity index (χ0n) is 13.6. The molecule has 1 amide bonds. The summed E-state index contributed by atoms with van der Waals surface area (Å²) in [4.78, 5) is 26.8. The van der Waals surface area contributed by atoms with E-state index in [9.17, 15) is 9.59 Å². The van der Waals surface area contributed by atoms with Crippen LogP contribution in [0.2, 0.25) is 0 Å². The van der Waals surface area contributed by atoms with Crippen LogP contribution in [0.15, 0.2) is 47.4 Å². The van der Waals surface area contributed by atoms with Crippen molar-refractivity contribution in [3.05, 3.63) is 69.6 Å². The van der Waals surface area contributed by atoms with Crippen molar-refractivity contribution >= 4 is 5.91 Å². The third-order valence-electron chi connectivity index (χ3n) is 4.42. The number of aryl methyl sites for hydroxylation is 3. The Balaban J connectivity index is 1.79. The van der Waals surface area contributed by atoms with Crippen molar-refractivity contribution < 1.29 is 4.79 Å². The van der Waals surface area contributed by atoms with Crippen molar-refractivity contribution in [2.75, 3.05) is 13.1 Å². The average molecular weight is 321 g/mol. The lowest BCUT2D eigenvalue weighted by Crippen LogP contribution is -2.51. The fourth-order valence-corrected chi connectivity index (χ4v) is 2.88. The molecule has 3 rings (SSSR count). The molecule has 24 heavy (non-hydrogen) atoms. The molecule has 122 valence electrons. The largest absolute Gasteiger partial charge is 0.336 e. The second-order valence-electron chi connectivity index (χ2n) is 6.14. The standard InChI is InChI=1S/C19H19N3O2/c1-14-7-9-21(10-8-15-5-3-2-4-6-15)18(23)17(14)19(24)22-12-16(11-20)13-22/h2-7,9,16H,8,10,12-13H2,1H3. The number of pyridine rings is 1. The molecule has 2 aromatic rings. The van der Waals surface area contributed by atoms with Crippen molar-refractivity contribution in [2.45, 2.75) is 19.9 Å². The van der Waals surface area contributed by atoms with Crippen LogP contribution in [-0.2, 0) is 13.0 Å². The van der Waals surface area contributed by atoms with E-state index in [1.165, 1.54) is 0 Å². The number of hydrogen-bond acceptors (Lipinski definition) is 3. The van der Waals surface area contributed by atoms with Crippen LogP contribution < -0.4 is 5.56 Å². The molecule has 1 fully saturated rings. The summed E-state index contributed by atoms with van der Waals surface area (Å²) in [6, 6.07) is 13.9. The van der Waals surface area contributed by atoms with Crippen molar-refractivity contribution in [1.29, 1.82) is 5.26 Å². The SMILES string of the molecule is Cc1ccn(CCc2ccccc2)c(=O)c1C(=O)N1CC(C#N)C1. The van der Waals surface area contributed by atoms with Gasteiger partial charge in [0.05, 0.1) is 12.0 Å². The van der Waals surface area contributed by atoms with Gasteiger partial charge in [-0.05, 0) is 30.5 Å². The van der Waals surface area contributed by atoms with Crippen LogP contribution in [0.1, 0.15) is 21.5 Å². The van der Waals surface area contributed by atoms with E-state index < -0.39 is 0 Å². The van der Waals surface area contributed by atoms with Crippen LogP contribution in [0.25, 0.3) is 0 Å². The molecule has 5 nitrogen and oxygen atoms in total.